The predicted octanol–water partition coefficient (Wildman–Crippen LogP) is 1.91. The highest BCUT2D eigenvalue weighted by molar-refractivity contribution is 5.75. The topological polar surface area (TPSA) is 73.2 Å². The van der Waals surface area contributed by atoms with Gasteiger partial charge in [0, 0.05) is 23.9 Å². The van der Waals surface area contributed by atoms with Crippen molar-refractivity contribution >= 4 is 5.91 Å². The van der Waals surface area contributed by atoms with E-state index in [0.717, 1.165) is 36.3 Å². The second-order valence-electron chi connectivity index (χ2n) is 5.54. The Morgan fingerprint density at radius 2 is 2.12 bits per heavy atom. The Labute approximate surface area is 141 Å². The van der Waals surface area contributed by atoms with Crippen molar-refractivity contribution in [3.05, 3.63) is 58.3 Å². The summed E-state index contributed by atoms with van der Waals surface area (Å²) in [6.07, 6.45) is 4.27. The van der Waals surface area contributed by atoms with E-state index in [2.05, 4.69) is 17.2 Å². The van der Waals surface area contributed by atoms with Crippen LogP contribution in [-0.2, 0) is 24.3 Å². The van der Waals surface area contributed by atoms with E-state index in [1.807, 2.05) is 24.3 Å². The lowest BCUT2D eigenvalue weighted by molar-refractivity contribution is -0.121. The Kier molecular flexibility index (Phi) is 6.54. The molecular weight excluding hydrogens is 306 g/mol. The SMILES string of the molecule is CCCCc1cc(=O)n(CC(=O)NCc2ccccc2OC)cn1. The normalized spacial score (nSPS) is 10.4. The number of aryl methyl sites for hydroxylation is 1. The number of amides is 1. The zero-order valence-electron chi connectivity index (χ0n) is 14.1. The Balaban J connectivity index is 1.93. The number of unbranched alkanes of at least 4 members (excludes halogenated alkanes) is 1. The van der Waals surface area contributed by atoms with Gasteiger partial charge in [-0.1, -0.05) is 31.5 Å². The first-order valence-corrected chi connectivity index (χ1v) is 8.08. The quantitative estimate of drug-likeness (QED) is 0.803. The molecule has 128 valence electrons. The molecule has 1 heterocycles. The van der Waals surface area contributed by atoms with Crippen LogP contribution in [0, 0.1) is 0 Å². The molecule has 0 aliphatic heterocycles. The molecule has 0 radical (unpaired) electrons. The molecule has 2 aromatic rings. The van der Waals surface area contributed by atoms with Gasteiger partial charge in [-0.25, -0.2) is 4.98 Å². The maximum absolute atomic E-state index is 12.1. The number of carbonyl (C=O) groups is 1. The number of hydrogen-bond donors (Lipinski definition) is 1. The minimum absolute atomic E-state index is 0.0466. The Morgan fingerprint density at radius 3 is 2.83 bits per heavy atom. The second-order valence-corrected chi connectivity index (χ2v) is 5.54. The Bertz CT molecular complexity index is 740. The van der Waals surface area contributed by atoms with Gasteiger partial charge in [-0.15, -0.1) is 0 Å². The fraction of sp³-hybridized carbons (Fsp3) is 0.389. The van der Waals surface area contributed by atoms with Crippen molar-refractivity contribution < 1.29 is 9.53 Å². The number of nitrogens with one attached hydrogen (secondary N) is 1. The van der Waals surface area contributed by atoms with Crippen LogP contribution in [0.1, 0.15) is 31.0 Å². The molecule has 0 saturated heterocycles. The standard InChI is InChI=1S/C18H23N3O3/c1-3-4-8-15-10-18(23)21(13-20-15)12-17(22)19-11-14-7-5-6-9-16(14)24-2/h5-7,9-10,13H,3-4,8,11-12H2,1-2H3,(H,19,22). The Morgan fingerprint density at radius 1 is 1.33 bits per heavy atom. The highest BCUT2D eigenvalue weighted by Gasteiger charge is 2.08. The Hall–Kier alpha value is -2.63. The number of ether oxygens (including phenoxy) is 1. The largest absolute Gasteiger partial charge is 0.496 e. The summed E-state index contributed by atoms with van der Waals surface area (Å²) in [5.41, 5.74) is 1.45. The molecule has 0 aliphatic carbocycles. The first kappa shape index (κ1) is 17.7. The third-order valence-corrected chi connectivity index (χ3v) is 3.71. The highest BCUT2D eigenvalue weighted by Crippen LogP contribution is 2.16. The molecule has 0 bridgehead atoms. The molecule has 6 heteroatoms. The molecule has 1 aromatic heterocycles. The number of nitrogens with zero attached hydrogens (tertiary/aromatic N) is 2. The van der Waals surface area contributed by atoms with Gasteiger partial charge in [0.1, 0.15) is 12.3 Å². The van der Waals surface area contributed by atoms with E-state index in [9.17, 15) is 9.59 Å². The number of methoxy groups -OCH3 is 1. The van der Waals surface area contributed by atoms with E-state index < -0.39 is 0 Å². The third-order valence-electron chi connectivity index (χ3n) is 3.71. The summed E-state index contributed by atoms with van der Waals surface area (Å²) in [6, 6.07) is 8.98. The van der Waals surface area contributed by atoms with Gasteiger partial charge in [0.05, 0.1) is 13.4 Å². The van der Waals surface area contributed by atoms with Gasteiger partial charge >= 0.3 is 0 Å². The van der Waals surface area contributed by atoms with Crippen molar-refractivity contribution in [1.29, 1.82) is 0 Å². The average Bonchev–Trinajstić information content (AvgIpc) is 2.60. The third kappa shape index (κ3) is 4.94. The summed E-state index contributed by atoms with van der Waals surface area (Å²) in [5, 5.41) is 2.79. The van der Waals surface area contributed by atoms with Gasteiger partial charge in [-0.3, -0.25) is 14.2 Å². The molecule has 0 spiro atoms. The predicted molar refractivity (Wildman–Crippen MR) is 91.9 cm³/mol. The van der Waals surface area contributed by atoms with Crippen LogP contribution < -0.4 is 15.6 Å². The maximum atomic E-state index is 12.1. The van der Waals surface area contributed by atoms with Crippen molar-refractivity contribution in [3.63, 3.8) is 0 Å². The van der Waals surface area contributed by atoms with E-state index in [4.69, 9.17) is 4.74 Å². The van der Waals surface area contributed by atoms with Crippen LogP contribution in [0.25, 0.3) is 0 Å². The average molecular weight is 329 g/mol. The van der Waals surface area contributed by atoms with Crippen LogP contribution in [0.4, 0.5) is 0 Å². The van der Waals surface area contributed by atoms with Crippen LogP contribution in [0.15, 0.2) is 41.5 Å². The van der Waals surface area contributed by atoms with E-state index in [1.165, 1.54) is 17.0 Å². The number of hydrogen-bond acceptors (Lipinski definition) is 4. The molecule has 2 rings (SSSR count). The van der Waals surface area contributed by atoms with Crippen LogP contribution in [-0.4, -0.2) is 22.6 Å². The second kappa shape index (κ2) is 8.86. The summed E-state index contributed by atoms with van der Waals surface area (Å²) < 4.78 is 6.56. The number of para-hydroxylation sites is 1. The lowest BCUT2D eigenvalue weighted by Crippen LogP contribution is -2.32. The van der Waals surface area contributed by atoms with E-state index >= 15 is 0 Å². The van der Waals surface area contributed by atoms with Crippen molar-refractivity contribution in [3.8, 4) is 5.75 Å². The van der Waals surface area contributed by atoms with Gasteiger partial charge < -0.3 is 10.1 Å². The molecule has 0 fully saturated rings. The highest BCUT2D eigenvalue weighted by atomic mass is 16.5. The number of benzene rings is 1. The fourth-order valence-electron chi connectivity index (χ4n) is 2.33. The molecule has 0 saturated carbocycles. The molecule has 0 aliphatic rings. The van der Waals surface area contributed by atoms with Gasteiger partial charge in [-0.2, -0.15) is 0 Å². The lowest BCUT2D eigenvalue weighted by atomic mass is 10.2. The van der Waals surface area contributed by atoms with Crippen molar-refractivity contribution in [2.75, 3.05) is 7.11 Å². The summed E-state index contributed by atoms with van der Waals surface area (Å²) >= 11 is 0. The minimum atomic E-state index is -0.244. The maximum Gasteiger partial charge on any atom is 0.253 e. The summed E-state index contributed by atoms with van der Waals surface area (Å²) in [7, 11) is 1.59. The number of carbonyl (C=O) groups excluding carboxylic acids is 1. The van der Waals surface area contributed by atoms with Gasteiger partial charge in [0.15, 0.2) is 0 Å². The van der Waals surface area contributed by atoms with Crippen LogP contribution >= 0.6 is 0 Å². The van der Waals surface area contributed by atoms with Gasteiger partial charge in [0.25, 0.3) is 5.56 Å². The van der Waals surface area contributed by atoms with Crippen molar-refractivity contribution in [2.45, 2.75) is 39.3 Å². The summed E-state index contributed by atoms with van der Waals surface area (Å²) in [4.78, 5) is 28.3. The van der Waals surface area contributed by atoms with Crippen molar-refractivity contribution in [2.24, 2.45) is 0 Å². The molecule has 1 N–H and O–H groups in total. The van der Waals surface area contributed by atoms with E-state index in [1.54, 1.807) is 7.11 Å². The molecule has 0 unspecified atom stereocenters. The number of rotatable bonds is 8. The minimum Gasteiger partial charge on any atom is -0.496 e. The smallest absolute Gasteiger partial charge is 0.253 e. The van der Waals surface area contributed by atoms with Crippen LogP contribution in [0.5, 0.6) is 5.75 Å². The molecule has 1 amide bonds. The molecule has 24 heavy (non-hydrogen) atoms. The first-order valence-electron chi connectivity index (χ1n) is 8.08. The van der Waals surface area contributed by atoms with E-state index in [0.29, 0.717) is 6.54 Å². The molecule has 0 atom stereocenters. The lowest BCUT2D eigenvalue weighted by Gasteiger charge is -2.10. The fourth-order valence-corrected chi connectivity index (χ4v) is 2.33. The number of aromatic nitrogens is 2. The van der Waals surface area contributed by atoms with Crippen molar-refractivity contribution in [1.82, 2.24) is 14.9 Å². The molecule has 1 aromatic carbocycles. The van der Waals surface area contributed by atoms with Gasteiger partial charge in [0.2, 0.25) is 5.91 Å². The zero-order chi connectivity index (χ0) is 17.4. The van der Waals surface area contributed by atoms with Crippen LogP contribution in [0.3, 0.4) is 0 Å². The summed E-state index contributed by atoms with van der Waals surface area (Å²) in [6.45, 7) is 2.39. The summed E-state index contributed by atoms with van der Waals surface area (Å²) in [5.74, 6) is 0.475. The van der Waals surface area contributed by atoms with Crippen LogP contribution in [0.2, 0.25) is 0 Å². The zero-order valence-corrected chi connectivity index (χ0v) is 14.1. The van der Waals surface area contributed by atoms with Gasteiger partial charge in [-0.05, 0) is 18.9 Å². The molecule has 6 nitrogen and oxygen atoms in total. The first-order chi connectivity index (χ1) is 11.6. The monoisotopic (exact) mass is 329 g/mol. The molecular formula is C18H23N3O3. The van der Waals surface area contributed by atoms with E-state index in [-0.39, 0.29) is 18.0 Å².